The Morgan fingerprint density at radius 1 is 1.25 bits per heavy atom. The zero-order valence-corrected chi connectivity index (χ0v) is 10.9. The third-order valence-electron chi connectivity index (χ3n) is 2.32. The van der Waals surface area contributed by atoms with Gasteiger partial charge in [-0.3, -0.25) is 0 Å². The van der Waals surface area contributed by atoms with E-state index in [4.69, 9.17) is 10.8 Å². The van der Waals surface area contributed by atoms with Crippen LogP contribution in [0.1, 0.15) is 19.8 Å². The molecule has 0 aromatic heterocycles. The van der Waals surface area contributed by atoms with Crippen LogP contribution < -0.4 is 5.73 Å². The summed E-state index contributed by atoms with van der Waals surface area (Å²) in [6, 6.07) is 0. The van der Waals surface area contributed by atoms with Crippen molar-refractivity contribution in [1.82, 2.24) is 8.61 Å². The maximum atomic E-state index is 12.0. The molecule has 0 bridgehead atoms. The summed E-state index contributed by atoms with van der Waals surface area (Å²) in [5, 5.41) is 8.70. The van der Waals surface area contributed by atoms with E-state index in [1.54, 1.807) is 14.0 Å². The highest BCUT2D eigenvalue weighted by Gasteiger charge is 2.24. The normalized spacial score (nSPS) is 12.6. The van der Waals surface area contributed by atoms with Gasteiger partial charge in [-0.25, -0.2) is 0 Å². The highest BCUT2D eigenvalue weighted by Crippen LogP contribution is 2.07. The summed E-state index contributed by atoms with van der Waals surface area (Å²) in [5.74, 6) is 0. The highest BCUT2D eigenvalue weighted by molar-refractivity contribution is 7.86. The van der Waals surface area contributed by atoms with Crippen LogP contribution >= 0.6 is 0 Å². The molecule has 0 radical (unpaired) electrons. The molecule has 0 amide bonds. The lowest BCUT2D eigenvalue weighted by molar-refractivity contribution is 0.266. The van der Waals surface area contributed by atoms with E-state index in [1.165, 1.54) is 8.61 Å². The van der Waals surface area contributed by atoms with Gasteiger partial charge in [-0.05, 0) is 19.4 Å². The first-order chi connectivity index (χ1) is 7.50. The molecule has 0 spiro atoms. The number of aliphatic hydroxyl groups is 1. The van der Waals surface area contributed by atoms with E-state index in [0.717, 1.165) is 0 Å². The third-order valence-corrected chi connectivity index (χ3v) is 4.38. The lowest BCUT2D eigenvalue weighted by atomic mass is 10.4. The van der Waals surface area contributed by atoms with E-state index < -0.39 is 10.2 Å². The molecule has 0 rings (SSSR count). The van der Waals surface area contributed by atoms with Gasteiger partial charge in [0.05, 0.1) is 0 Å². The van der Waals surface area contributed by atoms with Crippen molar-refractivity contribution in [3.8, 4) is 0 Å². The van der Waals surface area contributed by atoms with E-state index >= 15 is 0 Å². The molecule has 7 heteroatoms. The fourth-order valence-electron chi connectivity index (χ4n) is 1.31. The Hall–Kier alpha value is -0.210. The molecule has 16 heavy (non-hydrogen) atoms. The van der Waals surface area contributed by atoms with E-state index in [9.17, 15) is 8.42 Å². The summed E-state index contributed by atoms with van der Waals surface area (Å²) in [6.45, 7) is 3.44. The Balaban J connectivity index is 4.46. The molecule has 6 nitrogen and oxygen atoms in total. The molecule has 0 atom stereocenters. The molecule has 0 aliphatic carbocycles. The summed E-state index contributed by atoms with van der Waals surface area (Å²) in [7, 11) is -1.85. The number of hydrogen-bond donors (Lipinski definition) is 2. The van der Waals surface area contributed by atoms with Crippen molar-refractivity contribution < 1.29 is 13.5 Å². The number of hydrogen-bond acceptors (Lipinski definition) is 4. The predicted molar refractivity (Wildman–Crippen MR) is 64.2 cm³/mol. The zero-order valence-electron chi connectivity index (χ0n) is 10.1. The van der Waals surface area contributed by atoms with Gasteiger partial charge in [-0.15, -0.1) is 0 Å². The molecule has 98 valence electrons. The van der Waals surface area contributed by atoms with Crippen molar-refractivity contribution >= 4 is 10.2 Å². The lowest BCUT2D eigenvalue weighted by Crippen LogP contribution is -2.43. The number of aliphatic hydroxyl groups excluding tert-OH is 1. The van der Waals surface area contributed by atoms with Gasteiger partial charge in [-0.2, -0.15) is 17.0 Å². The second-order valence-electron chi connectivity index (χ2n) is 3.54. The monoisotopic (exact) mass is 253 g/mol. The average molecular weight is 253 g/mol. The Bertz CT molecular complexity index is 269. The zero-order chi connectivity index (χ0) is 12.6. The van der Waals surface area contributed by atoms with Crippen molar-refractivity contribution in [2.45, 2.75) is 19.8 Å². The first-order valence-electron chi connectivity index (χ1n) is 5.53. The van der Waals surface area contributed by atoms with Crippen molar-refractivity contribution in [3.63, 3.8) is 0 Å². The Morgan fingerprint density at radius 3 is 2.31 bits per heavy atom. The van der Waals surface area contributed by atoms with Crippen LogP contribution in [-0.4, -0.2) is 62.0 Å². The number of nitrogens with zero attached hydrogens (tertiary/aromatic N) is 2. The molecule has 0 unspecified atom stereocenters. The summed E-state index contributed by atoms with van der Waals surface area (Å²) in [6.07, 6.45) is 1.10. The lowest BCUT2D eigenvalue weighted by Gasteiger charge is -2.26. The Kier molecular flexibility index (Phi) is 7.86. The van der Waals surface area contributed by atoms with Gasteiger partial charge in [0.15, 0.2) is 0 Å². The fourth-order valence-corrected chi connectivity index (χ4v) is 2.75. The summed E-state index contributed by atoms with van der Waals surface area (Å²) in [5.41, 5.74) is 5.34. The predicted octanol–water partition coefficient (Wildman–Crippen LogP) is -0.784. The standard InChI is InChI=1S/C9H23N3O3S/c1-3-12(8-5-9-13)16(14,15)11(2)7-4-6-10/h13H,3-10H2,1-2H3. The Morgan fingerprint density at radius 2 is 1.88 bits per heavy atom. The van der Waals surface area contributed by atoms with Crippen LogP contribution in [0.5, 0.6) is 0 Å². The molecule has 3 N–H and O–H groups in total. The van der Waals surface area contributed by atoms with Gasteiger partial charge in [0, 0.05) is 33.3 Å². The first kappa shape index (κ1) is 15.8. The minimum absolute atomic E-state index is 0.00145. The van der Waals surface area contributed by atoms with Crippen LogP contribution in [-0.2, 0) is 10.2 Å². The van der Waals surface area contributed by atoms with Crippen molar-refractivity contribution in [1.29, 1.82) is 0 Å². The third kappa shape index (κ3) is 4.75. The van der Waals surface area contributed by atoms with Crippen LogP contribution in [0.4, 0.5) is 0 Å². The summed E-state index contributed by atoms with van der Waals surface area (Å²) >= 11 is 0. The molecule has 0 fully saturated rings. The maximum absolute atomic E-state index is 12.0. The van der Waals surface area contributed by atoms with E-state index in [1.807, 2.05) is 0 Å². The largest absolute Gasteiger partial charge is 0.396 e. The van der Waals surface area contributed by atoms with Crippen LogP contribution in [0.25, 0.3) is 0 Å². The molecule has 0 aliphatic rings. The minimum atomic E-state index is -3.40. The molecule has 0 heterocycles. The minimum Gasteiger partial charge on any atom is -0.396 e. The van der Waals surface area contributed by atoms with Crippen LogP contribution in [0, 0.1) is 0 Å². The number of nitrogens with two attached hydrogens (primary N) is 1. The molecule has 0 saturated heterocycles. The summed E-state index contributed by atoms with van der Waals surface area (Å²) < 4.78 is 26.7. The highest BCUT2D eigenvalue weighted by atomic mass is 32.2. The Labute approximate surface area is 98.2 Å². The first-order valence-corrected chi connectivity index (χ1v) is 6.92. The van der Waals surface area contributed by atoms with Gasteiger partial charge >= 0.3 is 0 Å². The van der Waals surface area contributed by atoms with E-state index in [0.29, 0.717) is 39.0 Å². The van der Waals surface area contributed by atoms with E-state index in [2.05, 4.69) is 0 Å². The topological polar surface area (TPSA) is 86.9 Å². The van der Waals surface area contributed by atoms with Crippen molar-refractivity contribution in [2.75, 3.05) is 39.8 Å². The second-order valence-corrected chi connectivity index (χ2v) is 5.58. The van der Waals surface area contributed by atoms with Gasteiger partial charge < -0.3 is 10.8 Å². The maximum Gasteiger partial charge on any atom is 0.281 e. The molecule has 0 aromatic rings. The van der Waals surface area contributed by atoms with Crippen LogP contribution in [0.3, 0.4) is 0 Å². The molecule has 0 aliphatic heterocycles. The van der Waals surface area contributed by atoms with Gasteiger partial charge in [0.25, 0.3) is 10.2 Å². The fraction of sp³-hybridized carbons (Fsp3) is 1.00. The molecular weight excluding hydrogens is 230 g/mol. The van der Waals surface area contributed by atoms with Gasteiger partial charge in [0.1, 0.15) is 0 Å². The molecular formula is C9H23N3O3S. The van der Waals surface area contributed by atoms with Crippen LogP contribution in [0.2, 0.25) is 0 Å². The van der Waals surface area contributed by atoms with E-state index in [-0.39, 0.29) is 6.61 Å². The molecule has 0 aromatic carbocycles. The molecule has 0 saturated carbocycles. The van der Waals surface area contributed by atoms with Gasteiger partial charge in [0.2, 0.25) is 0 Å². The smallest absolute Gasteiger partial charge is 0.281 e. The summed E-state index contributed by atoms with van der Waals surface area (Å²) in [4.78, 5) is 0. The van der Waals surface area contributed by atoms with Crippen LogP contribution in [0.15, 0.2) is 0 Å². The van der Waals surface area contributed by atoms with Gasteiger partial charge in [-0.1, -0.05) is 6.92 Å². The average Bonchev–Trinajstić information content (AvgIpc) is 2.26. The van der Waals surface area contributed by atoms with Crippen molar-refractivity contribution in [2.24, 2.45) is 5.73 Å². The second kappa shape index (κ2) is 7.97. The van der Waals surface area contributed by atoms with Crippen molar-refractivity contribution in [3.05, 3.63) is 0 Å². The SMILES string of the molecule is CCN(CCCO)S(=O)(=O)N(C)CCCN. The quantitative estimate of drug-likeness (QED) is 0.564. The number of rotatable bonds is 9.